The maximum absolute atomic E-state index is 12.6. The molecule has 20 heavy (non-hydrogen) atoms. The molecule has 6 heteroatoms. The minimum atomic E-state index is -0.836. The number of carboxylic acid groups (broad SMARTS) is 1. The summed E-state index contributed by atoms with van der Waals surface area (Å²) < 4.78 is 5.03. The van der Waals surface area contributed by atoms with Crippen LogP contribution < -0.4 is 0 Å². The first-order chi connectivity index (χ1) is 9.31. The number of hydrogen-bond acceptors (Lipinski definition) is 3. The zero-order valence-electron chi connectivity index (χ0n) is 12.9. The molecule has 1 N–H and O–H groups in total. The van der Waals surface area contributed by atoms with E-state index in [4.69, 9.17) is 4.74 Å². The summed E-state index contributed by atoms with van der Waals surface area (Å²) >= 11 is 0. The zero-order valence-corrected chi connectivity index (χ0v) is 12.9. The van der Waals surface area contributed by atoms with Crippen LogP contribution in [0.25, 0.3) is 0 Å². The highest BCUT2D eigenvalue weighted by Crippen LogP contribution is 2.30. The third kappa shape index (κ3) is 3.85. The quantitative estimate of drug-likeness (QED) is 0.834. The van der Waals surface area contributed by atoms with Gasteiger partial charge in [-0.2, -0.15) is 0 Å². The van der Waals surface area contributed by atoms with Crippen LogP contribution in [0.4, 0.5) is 4.79 Å². The fourth-order valence-electron chi connectivity index (χ4n) is 2.52. The second kappa shape index (κ2) is 6.92. The molecule has 0 bridgehead atoms. The summed E-state index contributed by atoms with van der Waals surface area (Å²) in [7, 11) is 1.60. The molecule has 0 aromatic carbocycles. The standard InChI is InChI=1S/C14H26N2O4/c1-11(2)16(8-9-20-4)13(19)15-7-5-6-14(3,10-15)12(17)18/h11H,5-10H2,1-4H3,(H,17,18). The maximum Gasteiger partial charge on any atom is 0.320 e. The summed E-state index contributed by atoms with van der Waals surface area (Å²) in [5, 5.41) is 9.31. The molecule has 0 aliphatic carbocycles. The molecule has 1 heterocycles. The number of urea groups is 1. The van der Waals surface area contributed by atoms with E-state index in [2.05, 4.69) is 0 Å². The molecule has 0 spiro atoms. The number of carbonyl (C=O) groups is 2. The van der Waals surface area contributed by atoms with Gasteiger partial charge in [0.2, 0.25) is 0 Å². The van der Waals surface area contributed by atoms with Crippen LogP contribution in [-0.2, 0) is 9.53 Å². The average Bonchev–Trinajstić information content (AvgIpc) is 2.38. The maximum atomic E-state index is 12.6. The molecule has 1 aliphatic heterocycles. The Morgan fingerprint density at radius 1 is 1.45 bits per heavy atom. The largest absolute Gasteiger partial charge is 0.481 e. The second-order valence-electron chi connectivity index (χ2n) is 5.95. The van der Waals surface area contributed by atoms with Crippen LogP contribution in [0.5, 0.6) is 0 Å². The number of amides is 2. The van der Waals surface area contributed by atoms with E-state index in [0.29, 0.717) is 26.1 Å². The third-order valence-electron chi connectivity index (χ3n) is 3.89. The third-order valence-corrected chi connectivity index (χ3v) is 3.89. The van der Waals surface area contributed by atoms with Crippen molar-refractivity contribution in [2.24, 2.45) is 5.41 Å². The van der Waals surface area contributed by atoms with Crippen LogP contribution in [0.3, 0.4) is 0 Å². The molecule has 1 rings (SSSR count). The number of ether oxygens (including phenoxy) is 1. The van der Waals surface area contributed by atoms with E-state index in [9.17, 15) is 14.7 Å². The SMILES string of the molecule is COCCN(C(=O)N1CCCC(C)(C(=O)O)C1)C(C)C. The summed E-state index contributed by atoms with van der Waals surface area (Å²) in [5.74, 6) is -0.831. The highest BCUT2D eigenvalue weighted by molar-refractivity contribution is 5.78. The summed E-state index contributed by atoms with van der Waals surface area (Å²) in [5.41, 5.74) is -0.836. The lowest BCUT2D eigenvalue weighted by Gasteiger charge is -2.40. The van der Waals surface area contributed by atoms with Crippen molar-refractivity contribution < 1.29 is 19.4 Å². The van der Waals surface area contributed by atoms with Crippen LogP contribution in [0.15, 0.2) is 0 Å². The molecular weight excluding hydrogens is 260 g/mol. The lowest BCUT2D eigenvalue weighted by molar-refractivity contribution is -0.150. The van der Waals surface area contributed by atoms with Crippen molar-refractivity contribution in [2.75, 3.05) is 33.4 Å². The van der Waals surface area contributed by atoms with Crippen molar-refractivity contribution in [3.8, 4) is 0 Å². The summed E-state index contributed by atoms with van der Waals surface area (Å²) in [6.45, 7) is 7.52. The van der Waals surface area contributed by atoms with Gasteiger partial charge in [0.05, 0.1) is 12.0 Å². The highest BCUT2D eigenvalue weighted by atomic mass is 16.5. The van der Waals surface area contributed by atoms with Gasteiger partial charge in [-0.15, -0.1) is 0 Å². The normalized spacial score (nSPS) is 22.9. The Balaban J connectivity index is 2.76. The van der Waals surface area contributed by atoms with E-state index >= 15 is 0 Å². The molecule has 1 atom stereocenters. The first kappa shape index (κ1) is 16.8. The van der Waals surface area contributed by atoms with E-state index in [-0.39, 0.29) is 18.6 Å². The summed E-state index contributed by atoms with van der Waals surface area (Å²) in [6, 6.07) is -0.0279. The van der Waals surface area contributed by atoms with Crippen LogP contribution in [0, 0.1) is 5.41 Å². The molecule has 0 radical (unpaired) electrons. The first-order valence-electron chi connectivity index (χ1n) is 7.09. The van der Waals surface area contributed by atoms with Gasteiger partial charge in [-0.3, -0.25) is 4.79 Å². The van der Waals surface area contributed by atoms with Gasteiger partial charge in [-0.1, -0.05) is 0 Å². The lowest BCUT2D eigenvalue weighted by Crippen LogP contribution is -2.54. The topological polar surface area (TPSA) is 70.1 Å². The van der Waals surface area contributed by atoms with Crippen molar-refractivity contribution >= 4 is 12.0 Å². The fraction of sp³-hybridized carbons (Fsp3) is 0.857. The van der Waals surface area contributed by atoms with Crippen molar-refractivity contribution in [1.29, 1.82) is 0 Å². The van der Waals surface area contributed by atoms with Crippen molar-refractivity contribution in [3.63, 3.8) is 0 Å². The van der Waals surface area contributed by atoms with E-state index in [1.54, 1.807) is 23.8 Å². The number of carboxylic acids is 1. The van der Waals surface area contributed by atoms with Gasteiger partial charge in [0, 0.05) is 32.8 Å². The Morgan fingerprint density at radius 3 is 2.60 bits per heavy atom. The Morgan fingerprint density at radius 2 is 2.10 bits per heavy atom. The number of likely N-dealkylation sites (tertiary alicyclic amines) is 1. The second-order valence-corrected chi connectivity index (χ2v) is 5.95. The molecule has 0 saturated carbocycles. The molecular formula is C14H26N2O4. The van der Waals surface area contributed by atoms with E-state index in [1.807, 2.05) is 13.8 Å². The van der Waals surface area contributed by atoms with Gasteiger partial charge >= 0.3 is 12.0 Å². The van der Waals surface area contributed by atoms with Gasteiger partial charge < -0.3 is 19.6 Å². The predicted octanol–water partition coefficient (Wildman–Crippen LogP) is 1.65. The van der Waals surface area contributed by atoms with Crippen molar-refractivity contribution in [2.45, 2.75) is 39.7 Å². The van der Waals surface area contributed by atoms with Gasteiger partial charge in [-0.25, -0.2) is 4.79 Å². The fourth-order valence-corrected chi connectivity index (χ4v) is 2.52. The Bertz CT molecular complexity index is 359. The monoisotopic (exact) mass is 286 g/mol. The van der Waals surface area contributed by atoms with Gasteiger partial charge in [0.1, 0.15) is 0 Å². The zero-order chi connectivity index (χ0) is 15.3. The van der Waals surface area contributed by atoms with Crippen LogP contribution in [-0.4, -0.2) is 66.3 Å². The minimum absolute atomic E-state index is 0.0654. The first-order valence-corrected chi connectivity index (χ1v) is 7.09. The number of piperidine rings is 1. The highest BCUT2D eigenvalue weighted by Gasteiger charge is 2.40. The van der Waals surface area contributed by atoms with Crippen LogP contribution >= 0.6 is 0 Å². The number of aliphatic carboxylic acids is 1. The molecule has 2 amide bonds. The molecule has 1 aliphatic rings. The molecule has 1 fully saturated rings. The summed E-state index contributed by atoms with van der Waals surface area (Å²) in [4.78, 5) is 27.3. The molecule has 116 valence electrons. The molecule has 0 aromatic rings. The van der Waals surface area contributed by atoms with Crippen LogP contribution in [0.1, 0.15) is 33.6 Å². The van der Waals surface area contributed by atoms with Gasteiger partial charge in [-0.05, 0) is 33.6 Å². The number of methoxy groups -OCH3 is 1. The predicted molar refractivity (Wildman–Crippen MR) is 75.7 cm³/mol. The Hall–Kier alpha value is -1.30. The van der Waals surface area contributed by atoms with E-state index in [1.165, 1.54) is 0 Å². The lowest BCUT2D eigenvalue weighted by atomic mass is 9.82. The number of hydrogen-bond donors (Lipinski definition) is 1. The average molecular weight is 286 g/mol. The molecule has 1 unspecified atom stereocenters. The smallest absolute Gasteiger partial charge is 0.320 e. The molecule has 6 nitrogen and oxygen atoms in total. The van der Waals surface area contributed by atoms with Crippen molar-refractivity contribution in [3.05, 3.63) is 0 Å². The van der Waals surface area contributed by atoms with Crippen molar-refractivity contribution in [1.82, 2.24) is 9.80 Å². The Labute approximate surface area is 120 Å². The van der Waals surface area contributed by atoms with Gasteiger partial charge in [0.25, 0.3) is 0 Å². The molecule has 0 aromatic heterocycles. The van der Waals surface area contributed by atoms with E-state index < -0.39 is 11.4 Å². The number of rotatable bonds is 5. The van der Waals surface area contributed by atoms with Gasteiger partial charge in [0.15, 0.2) is 0 Å². The molecule has 1 saturated heterocycles. The number of carbonyl (C=O) groups excluding carboxylic acids is 1. The van der Waals surface area contributed by atoms with Crippen LogP contribution in [0.2, 0.25) is 0 Å². The van der Waals surface area contributed by atoms with E-state index in [0.717, 1.165) is 6.42 Å². The minimum Gasteiger partial charge on any atom is -0.481 e. The summed E-state index contributed by atoms with van der Waals surface area (Å²) in [6.07, 6.45) is 1.34. The Kier molecular flexibility index (Phi) is 5.80. The number of nitrogens with zero attached hydrogens (tertiary/aromatic N) is 2.